The molecule has 0 aromatic rings. The van der Waals surface area contributed by atoms with Crippen molar-refractivity contribution in [3.05, 3.63) is 0 Å². The largest absolute Gasteiger partial charge is 2.00 e. The summed E-state index contributed by atoms with van der Waals surface area (Å²) in [6, 6.07) is 0. The topological polar surface area (TPSA) is 12.5 Å². The Kier molecular flexibility index (Phi) is 2.29. The van der Waals surface area contributed by atoms with Crippen molar-refractivity contribution in [2.75, 3.05) is 6.61 Å². The van der Waals surface area contributed by atoms with Crippen LogP contribution in [0.25, 0.3) is 0 Å². The van der Waals surface area contributed by atoms with Gasteiger partial charge in [0.2, 0.25) is 0 Å². The molecular weight excluding hydrogens is 76.3 g/mol. The van der Waals surface area contributed by atoms with Gasteiger partial charge >= 0.3 is 23.1 Å². The number of epoxide rings is 1. The number of hydrogen-bond acceptors (Lipinski definition) is 1. The van der Waals surface area contributed by atoms with Crippen LogP contribution in [0.2, 0.25) is 0 Å². The third-order valence-electron chi connectivity index (χ3n) is 0.500. The van der Waals surface area contributed by atoms with E-state index in [4.69, 9.17) is 4.74 Å². The second-order valence-corrected chi connectivity index (χ2v) is 1.14. The number of rotatable bonds is 0. The molecule has 1 rings (SSSR count). The van der Waals surface area contributed by atoms with Gasteiger partial charge in [-0.25, -0.2) is 0 Å². The zero-order chi connectivity index (χ0) is 2.99. The first-order valence-electron chi connectivity index (χ1n) is 1.51. The van der Waals surface area contributed by atoms with Crippen LogP contribution in [0.5, 0.6) is 0 Å². The molecule has 0 aromatic heterocycles. The Balaban J connectivity index is -0.0000000533. The van der Waals surface area contributed by atoms with Crippen LogP contribution in [0.4, 0.5) is 0 Å². The standard InChI is InChI=1S/C3H6O.Mg.2H/c1-3-2-4-3;;;/h3H,2H2,1H3;;;/q;+2;2*-1. The molecule has 1 aliphatic heterocycles. The number of ether oxygens (including phenoxy) is 1. The molecule has 2 heteroatoms. The molecule has 1 unspecified atom stereocenters. The zero-order valence-corrected chi connectivity index (χ0v) is 4.81. The number of hydrogen-bond donors (Lipinski definition) is 0. The normalized spacial score (nSPS) is 31.8. The third kappa shape index (κ3) is 2.53. The molecule has 1 aliphatic rings. The summed E-state index contributed by atoms with van der Waals surface area (Å²) in [5.74, 6) is 0. The molecule has 0 N–H and O–H groups in total. The second kappa shape index (κ2) is 2.00. The second-order valence-electron chi connectivity index (χ2n) is 1.14. The summed E-state index contributed by atoms with van der Waals surface area (Å²) in [5, 5.41) is 0. The van der Waals surface area contributed by atoms with E-state index in [1.54, 1.807) is 0 Å². The van der Waals surface area contributed by atoms with Gasteiger partial charge in [0.05, 0.1) is 12.7 Å². The Morgan fingerprint density at radius 3 is 2.20 bits per heavy atom. The van der Waals surface area contributed by atoms with Crippen molar-refractivity contribution >= 4 is 23.1 Å². The van der Waals surface area contributed by atoms with Crippen molar-refractivity contribution < 1.29 is 7.59 Å². The van der Waals surface area contributed by atoms with Gasteiger partial charge in [-0.1, -0.05) is 0 Å². The van der Waals surface area contributed by atoms with Crippen molar-refractivity contribution in [3.63, 3.8) is 0 Å². The average Bonchev–Trinajstić information content (AvgIpc) is 1.75. The quantitative estimate of drug-likeness (QED) is 0.303. The summed E-state index contributed by atoms with van der Waals surface area (Å²) in [5.41, 5.74) is 0. The van der Waals surface area contributed by atoms with Gasteiger partial charge in [-0.15, -0.1) is 0 Å². The molecule has 0 amide bonds. The fourth-order valence-electron chi connectivity index (χ4n) is 0.0962. The van der Waals surface area contributed by atoms with Crippen molar-refractivity contribution in [2.45, 2.75) is 13.0 Å². The van der Waals surface area contributed by atoms with Crippen LogP contribution in [-0.4, -0.2) is 35.8 Å². The molecule has 1 atom stereocenters. The van der Waals surface area contributed by atoms with E-state index >= 15 is 0 Å². The molecule has 28 valence electrons. The first kappa shape index (κ1) is 5.73. The van der Waals surface area contributed by atoms with Crippen LogP contribution in [0.15, 0.2) is 0 Å². The minimum atomic E-state index is 0. The van der Waals surface area contributed by atoms with Gasteiger partial charge in [-0.3, -0.25) is 0 Å². The first-order valence-corrected chi connectivity index (χ1v) is 1.51. The summed E-state index contributed by atoms with van der Waals surface area (Å²) < 4.78 is 4.71. The predicted molar refractivity (Wildman–Crippen MR) is 23.4 cm³/mol. The summed E-state index contributed by atoms with van der Waals surface area (Å²) >= 11 is 0. The molecule has 0 bridgehead atoms. The van der Waals surface area contributed by atoms with Crippen LogP contribution in [0.3, 0.4) is 0 Å². The Morgan fingerprint density at radius 1 is 2.00 bits per heavy atom. The van der Waals surface area contributed by atoms with Gasteiger partial charge in [-0.05, 0) is 6.92 Å². The molecular formula is C3H8MgO. The van der Waals surface area contributed by atoms with E-state index in [1.807, 2.05) is 0 Å². The van der Waals surface area contributed by atoms with Gasteiger partial charge in [0.15, 0.2) is 0 Å². The van der Waals surface area contributed by atoms with E-state index < -0.39 is 0 Å². The van der Waals surface area contributed by atoms with E-state index in [2.05, 4.69) is 6.92 Å². The van der Waals surface area contributed by atoms with E-state index in [-0.39, 0.29) is 25.9 Å². The fourth-order valence-corrected chi connectivity index (χ4v) is 0.0962. The molecule has 1 heterocycles. The predicted octanol–water partition coefficient (Wildman–Crippen LogP) is 0.249. The first-order chi connectivity index (χ1) is 1.89. The monoisotopic (exact) mass is 84.0 g/mol. The molecule has 0 aliphatic carbocycles. The van der Waals surface area contributed by atoms with Crippen LogP contribution in [0, 0.1) is 0 Å². The van der Waals surface area contributed by atoms with Crippen molar-refractivity contribution in [1.29, 1.82) is 0 Å². The summed E-state index contributed by atoms with van der Waals surface area (Å²) in [7, 11) is 0. The van der Waals surface area contributed by atoms with Crippen LogP contribution in [0.1, 0.15) is 9.78 Å². The maximum Gasteiger partial charge on any atom is 2.00 e. The van der Waals surface area contributed by atoms with E-state index in [0.29, 0.717) is 6.10 Å². The van der Waals surface area contributed by atoms with Crippen LogP contribution in [-0.2, 0) is 4.74 Å². The molecule has 0 saturated carbocycles. The molecule has 1 nitrogen and oxygen atoms in total. The van der Waals surface area contributed by atoms with Gasteiger partial charge in [0.25, 0.3) is 0 Å². The van der Waals surface area contributed by atoms with Gasteiger partial charge in [-0.2, -0.15) is 0 Å². The van der Waals surface area contributed by atoms with E-state index in [9.17, 15) is 0 Å². The van der Waals surface area contributed by atoms with Gasteiger partial charge < -0.3 is 7.59 Å². The van der Waals surface area contributed by atoms with Crippen molar-refractivity contribution in [3.8, 4) is 0 Å². The molecule has 1 saturated heterocycles. The molecule has 0 radical (unpaired) electrons. The van der Waals surface area contributed by atoms with E-state index in [1.165, 1.54) is 0 Å². The van der Waals surface area contributed by atoms with Crippen LogP contribution >= 0.6 is 0 Å². The Labute approximate surface area is 50.8 Å². The van der Waals surface area contributed by atoms with Crippen molar-refractivity contribution in [1.82, 2.24) is 0 Å². The molecule has 0 spiro atoms. The van der Waals surface area contributed by atoms with Gasteiger partial charge in [0.1, 0.15) is 0 Å². The molecule has 0 aromatic carbocycles. The Morgan fingerprint density at radius 2 is 2.20 bits per heavy atom. The summed E-state index contributed by atoms with van der Waals surface area (Å²) in [4.78, 5) is 0. The Hall–Kier alpha value is 0.726. The fraction of sp³-hybridized carbons (Fsp3) is 1.00. The Bertz CT molecular complexity index is 32.1. The van der Waals surface area contributed by atoms with Gasteiger partial charge in [0, 0.05) is 0 Å². The average molecular weight is 84.4 g/mol. The SMILES string of the molecule is CC1CO1.[H-].[H-].[Mg+2]. The smallest absolute Gasteiger partial charge is 1.00 e. The summed E-state index contributed by atoms with van der Waals surface area (Å²) in [6.07, 6.45) is 0.583. The molecule has 1 fully saturated rings. The summed E-state index contributed by atoms with van der Waals surface area (Å²) in [6.45, 7) is 3.04. The van der Waals surface area contributed by atoms with Crippen LogP contribution < -0.4 is 0 Å². The van der Waals surface area contributed by atoms with E-state index in [0.717, 1.165) is 6.61 Å². The molecule has 5 heavy (non-hydrogen) atoms. The minimum Gasteiger partial charge on any atom is -1.00 e. The maximum atomic E-state index is 4.71. The third-order valence-corrected chi connectivity index (χ3v) is 0.500. The minimum absolute atomic E-state index is 0. The van der Waals surface area contributed by atoms with Crippen molar-refractivity contribution in [2.24, 2.45) is 0 Å². The zero-order valence-electron chi connectivity index (χ0n) is 5.40. The maximum absolute atomic E-state index is 4.71.